The van der Waals surface area contributed by atoms with Crippen molar-refractivity contribution in [2.75, 3.05) is 16.8 Å². The number of H-pyrrole nitrogens is 1. The Morgan fingerprint density at radius 1 is 1.05 bits per heavy atom. The van der Waals surface area contributed by atoms with E-state index < -0.39 is 40.8 Å². The number of alkyl halides is 6. The first-order valence-electron chi connectivity index (χ1n) is 12.5. The molecule has 2 fully saturated rings. The average Bonchev–Trinajstić information content (AvgIpc) is 3.44. The Bertz CT molecular complexity index is 1360. The van der Waals surface area contributed by atoms with Gasteiger partial charge in [-0.25, -0.2) is 19.7 Å². The fraction of sp³-hybridized carbons (Fsp3) is 0.565. The molecule has 2 saturated heterocycles. The number of nitrogens with zero attached hydrogens (tertiary/aromatic N) is 7. The molecule has 2 N–H and O–H groups in total. The van der Waals surface area contributed by atoms with Crippen LogP contribution >= 0.6 is 0 Å². The molecule has 216 valence electrons. The maximum atomic E-state index is 13.2. The highest BCUT2D eigenvalue weighted by Gasteiger charge is 2.43. The molecule has 0 spiro atoms. The third kappa shape index (κ3) is 5.88. The molecule has 2 aliphatic heterocycles. The van der Waals surface area contributed by atoms with Gasteiger partial charge >= 0.3 is 12.4 Å². The van der Waals surface area contributed by atoms with Crippen LogP contribution in [0.15, 0.2) is 29.6 Å². The number of hydrogen-bond acceptors (Lipinski definition) is 9. The number of nitrogens with one attached hydrogen (secondary N) is 2. The van der Waals surface area contributed by atoms with Gasteiger partial charge < -0.3 is 15.0 Å². The Morgan fingerprint density at radius 2 is 1.73 bits per heavy atom. The summed E-state index contributed by atoms with van der Waals surface area (Å²) in [6, 6.07) is -0.447. The molecule has 0 aromatic carbocycles. The lowest BCUT2D eigenvalue weighted by molar-refractivity contribution is -0.139. The van der Waals surface area contributed by atoms with Gasteiger partial charge in [-0.3, -0.25) is 4.79 Å². The molecule has 40 heavy (non-hydrogen) atoms. The van der Waals surface area contributed by atoms with E-state index in [-0.39, 0.29) is 37.3 Å². The highest BCUT2D eigenvalue weighted by atomic mass is 19.4. The molecule has 5 rings (SSSR count). The Hall–Kier alpha value is -3.76. The van der Waals surface area contributed by atoms with Crippen LogP contribution in [0.1, 0.15) is 55.5 Å². The molecule has 0 amide bonds. The molecule has 5 heterocycles. The van der Waals surface area contributed by atoms with Crippen molar-refractivity contribution in [3.05, 3.63) is 52.0 Å². The standard InChI is InChI=1S/C23H25F6N9O2/c1-12(33-18-8-32-35-20(39)19(18)23(27,28)29)10-40-11-14-9-37(36-34-14)17-4-15-2-3-16(5-17)38(15)21-30-6-13(7-31-21)22(24,25)26/h6-9,12,15-17H,2-5,10-11H2,1H3,(H2,33,35,39). The van der Waals surface area contributed by atoms with Crippen LogP contribution in [-0.4, -0.2) is 59.9 Å². The number of aromatic nitrogens is 7. The zero-order chi connectivity index (χ0) is 28.7. The quantitative estimate of drug-likeness (QED) is 0.389. The number of aromatic amines is 1. The van der Waals surface area contributed by atoms with Gasteiger partial charge in [0.25, 0.3) is 5.56 Å². The maximum absolute atomic E-state index is 13.2. The Balaban J connectivity index is 1.14. The van der Waals surface area contributed by atoms with Crippen molar-refractivity contribution in [1.29, 1.82) is 0 Å². The molecule has 2 aliphatic rings. The second kappa shape index (κ2) is 10.7. The largest absolute Gasteiger partial charge is 0.423 e. The molecular weight excluding hydrogens is 548 g/mol. The van der Waals surface area contributed by atoms with Crippen molar-refractivity contribution < 1.29 is 31.1 Å². The smallest absolute Gasteiger partial charge is 0.378 e. The van der Waals surface area contributed by atoms with Gasteiger partial charge in [0.2, 0.25) is 5.95 Å². The van der Waals surface area contributed by atoms with Gasteiger partial charge in [0.1, 0.15) is 11.3 Å². The molecule has 0 saturated carbocycles. The van der Waals surface area contributed by atoms with Gasteiger partial charge in [-0.15, -0.1) is 5.10 Å². The van der Waals surface area contributed by atoms with Crippen molar-refractivity contribution >= 4 is 11.6 Å². The van der Waals surface area contributed by atoms with E-state index in [1.165, 1.54) is 0 Å². The number of fused-ring (bicyclic) bond motifs is 2. The molecule has 3 aromatic rings. The minimum atomic E-state index is -4.85. The average molecular weight is 574 g/mol. The molecule has 3 atom stereocenters. The predicted octanol–water partition coefficient (Wildman–Crippen LogP) is 3.58. The molecule has 3 unspecified atom stereocenters. The highest BCUT2D eigenvalue weighted by molar-refractivity contribution is 5.50. The van der Waals surface area contributed by atoms with Crippen molar-refractivity contribution in [1.82, 2.24) is 35.2 Å². The Labute approximate surface area is 222 Å². The first-order chi connectivity index (χ1) is 18.9. The van der Waals surface area contributed by atoms with E-state index in [4.69, 9.17) is 4.74 Å². The lowest BCUT2D eigenvalue weighted by Crippen LogP contribution is -2.44. The third-order valence-corrected chi connectivity index (χ3v) is 7.00. The maximum Gasteiger partial charge on any atom is 0.423 e. The topological polar surface area (TPSA) is 127 Å². The van der Waals surface area contributed by atoms with E-state index in [2.05, 4.69) is 30.7 Å². The summed E-state index contributed by atoms with van der Waals surface area (Å²) in [6.45, 7) is 1.69. The van der Waals surface area contributed by atoms with E-state index in [1.807, 2.05) is 4.90 Å². The Morgan fingerprint density at radius 3 is 2.35 bits per heavy atom. The summed E-state index contributed by atoms with van der Waals surface area (Å²) >= 11 is 0. The number of halogens is 6. The second-order valence-electron chi connectivity index (χ2n) is 9.92. The molecule has 0 aliphatic carbocycles. The second-order valence-corrected chi connectivity index (χ2v) is 9.92. The third-order valence-electron chi connectivity index (χ3n) is 7.00. The molecule has 11 nitrogen and oxygen atoms in total. The Kier molecular flexibility index (Phi) is 7.41. The van der Waals surface area contributed by atoms with Crippen LogP contribution in [0.2, 0.25) is 0 Å². The highest BCUT2D eigenvalue weighted by Crippen LogP contribution is 2.42. The first kappa shape index (κ1) is 27.8. The lowest BCUT2D eigenvalue weighted by atomic mass is 9.98. The number of ether oxygens (including phenoxy) is 1. The van der Waals surface area contributed by atoms with Gasteiger partial charge in [0, 0.05) is 30.5 Å². The van der Waals surface area contributed by atoms with E-state index in [1.54, 1.807) is 22.9 Å². The van der Waals surface area contributed by atoms with Gasteiger partial charge in [0.15, 0.2) is 0 Å². The first-order valence-corrected chi connectivity index (χ1v) is 12.5. The lowest BCUT2D eigenvalue weighted by Gasteiger charge is -2.38. The van der Waals surface area contributed by atoms with Crippen LogP contribution in [0, 0.1) is 0 Å². The summed E-state index contributed by atoms with van der Waals surface area (Å²) in [6.07, 6.45) is -1.99. The van der Waals surface area contributed by atoms with Crippen LogP contribution in [0.25, 0.3) is 0 Å². The fourth-order valence-electron chi connectivity index (χ4n) is 5.29. The van der Waals surface area contributed by atoms with Crippen LogP contribution in [-0.2, 0) is 23.7 Å². The van der Waals surface area contributed by atoms with E-state index in [0.29, 0.717) is 18.5 Å². The van der Waals surface area contributed by atoms with Gasteiger partial charge in [0.05, 0.1) is 42.9 Å². The minimum absolute atomic E-state index is 0.0205. The zero-order valence-electron chi connectivity index (χ0n) is 21.1. The molecule has 3 aromatic heterocycles. The molecule has 17 heteroatoms. The molecule has 0 radical (unpaired) electrons. The van der Waals surface area contributed by atoms with Crippen LogP contribution in [0.5, 0.6) is 0 Å². The summed E-state index contributed by atoms with van der Waals surface area (Å²) < 4.78 is 85.6. The van der Waals surface area contributed by atoms with Gasteiger partial charge in [-0.1, -0.05) is 5.21 Å². The summed E-state index contributed by atoms with van der Waals surface area (Å²) in [7, 11) is 0. The van der Waals surface area contributed by atoms with Crippen molar-refractivity contribution in [2.24, 2.45) is 0 Å². The number of hydrogen-bond donors (Lipinski definition) is 2. The number of piperidine rings is 1. The van der Waals surface area contributed by atoms with Gasteiger partial charge in [-0.05, 0) is 32.6 Å². The van der Waals surface area contributed by atoms with Crippen molar-refractivity contribution in [2.45, 2.75) is 75.7 Å². The van der Waals surface area contributed by atoms with E-state index >= 15 is 0 Å². The van der Waals surface area contributed by atoms with E-state index in [0.717, 1.165) is 31.4 Å². The normalized spacial score (nSPS) is 22.0. The molecule has 2 bridgehead atoms. The summed E-state index contributed by atoms with van der Waals surface area (Å²) in [4.78, 5) is 21.5. The monoisotopic (exact) mass is 573 g/mol. The van der Waals surface area contributed by atoms with Crippen LogP contribution < -0.4 is 15.8 Å². The summed E-state index contributed by atoms with van der Waals surface area (Å²) in [5, 5.41) is 16.2. The number of anilines is 2. The van der Waals surface area contributed by atoms with Gasteiger partial charge in [-0.2, -0.15) is 31.4 Å². The summed E-state index contributed by atoms with van der Waals surface area (Å²) in [5.74, 6) is 0.285. The van der Waals surface area contributed by atoms with E-state index in [9.17, 15) is 31.1 Å². The molecular formula is C23H25F6N9O2. The van der Waals surface area contributed by atoms with Crippen molar-refractivity contribution in [3.63, 3.8) is 0 Å². The summed E-state index contributed by atoms with van der Waals surface area (Å²) in [5.41, 5.74) is -3.50. The predicted molar refractivity (Wildman–Crippen MR) is 127 cm³/mol. The minimum Gasteiger partial charge on any atom is -0.378 e. The number of rotatable bonds is 8. The van der Waals surface area contributed by atoms with Crippen molar-refractivity contribution in [3.8, 4) is 0 Å². The van der Waals surface area contributed by atoms with Crippen LogP contribution in [0.3, 0.4) is 0 Å². The SMILES string of the molecule is CC(COCc1cn(C2CC3CCC(C2)N3c2ncc(C(F)(F)F)cn2)nn1)Nc1cn[nH]c(=O)c1C(F)(F)F. The fourth-order valence-corrected chi connectivity index (χ4v) is 5.29. The zero-order valence-corrected chi connectivity index (χ0v) is 21.1. The van der Waals surface area contributed by atoms with Crippen LogP contribution in [0.4, 0.5) is 38.0 Å².